The van der Waals surface area contributed by atoms with E-state index in [0.29, 0.717) is 19.4 Å². The van der Waals surface area contributed by atoms with Crippen molar-refractivity contribution in [2.24, 2.45) is 0 Å². The molecule has 0 aliphatic rings. The molecule has 0 unspecified atom stereocenters. The molecule has 0 bridgehead atoms. The Morgan fingerprint density at radius 2 is 1.62 bits per heavy atom. The van der Waals surface area contributed by atoms with Crippen LogP contribution in [0.4, 0.5) is 0 Å². The summed E-state index contributed by atoms with van der Waals surface area (Å²) in [5.74, 6) is -0.155. The molecule has 0 saturated carbocycles. The Labute approximate surface area is 124 Å². The Kier molecular flexibility index (Phi) is 5.16. The number of carboxylic acid groups (broad SMARTS) is 1. The maximum atomic E-state index is 10.6. The van der Waals surface area contributed by atoms with Crippen molar-refractivity contribution in [2.45, 2.75) is 12.8 Å². The summed E-state index contributed by atoms with van der Waals surface area (Å²) < 4.78 is 5.59. The van der Waals surface area contributed by atoms with E-state index >= 15 is 0 Å². The van der Waals surface area contributed by atoms with Crippen LogP contribution in [0, 0.1) is 0 Å². The highest BCUT2D eigenvalue weighted by Gasteiger charge is 2.03. The lowest BCUT2D eigenvalue weighted by Gasteiger charge is -2.07. The van der Waals surface area contributed by atoms with Crippen LogP contribution >= 0.6 is 0 Å². The average Bonchev–Trinajstić information content (AvgIpc) is 2.52. The number of rotatable bonds is 7. The lowest BCUT2D eigenvalue weighted by molar-refractivity contribution is -0.132. The highest BCUT2D eigenvalue weighted by Crippen LogP contribution is 2.22. The zero-order valence-electron chi connectivity index (χ0n) is 11.8. The van der Waals surface area contributed by atoms with Gasteiger partial charge >= 0.3 is 5.97 Å². The van der Waals surface area contributed by atoms with E-state index in [1.807, 2.05) is 42.5 Å². The van der Waals surface area contributed by atoms with E-state index in [-0.39, 0.29) is 5.57 Å². The monoisotopic (exact) mass is 282 g/mol. The largest absolute Gasteiger partial charge is 0.494 e. The quantitative estimate of drug-likeness (QED) is 0.613. The standard InChI is InChI=1S/C18H18O3/c1-14(18(19)20)6-5-13-21-17-11-9-16(10-12-17)15-7-3-2-4-8-15/h2-4,7-12H,1,5-6,13H2,(H,19,20). The third-order valence-corrected chi connectivity index (χ3v) is 3.16. The molecule has 0 aliphatic heterocycles. The van der Waals surface area contributed by atoms with Crippen LogP contribution in [0.5, 0.6) is 5.75 Å². The molecule has 0 amide bonds. The minimum atomic E-state index is -0.942. The van der Waals surface area contributed by atoms with Crippen molar-refractivity contribution in [3.63, 3.8) is 0 Å². The van der Waals surface area contributed by atoms with Crippen molar-refractivity contribution in [2.75, 3.05) is 6.61 Å². The van der Waals surface area contributed by atoms with Gasteiger partial charge in [-0.2, -0.15) is 0 Å². The van der Waals surface area contributed by atoms with Gasteiger partial charge in [-0.05, 0) is 36.1 Å². The first-order valence-corrected chi connectivity index (χ1v) is 6.86. The summed E-state index contributed by atoms with van der Waals surface area (Å²) in [6.45, 7) is 3.97. The van der Waals surface area contributed by atoms with Gasteiger partial charge in [0.25, 0.3) is 0 Å². The van der Waals surface area contributed by atoms with Crippen molar-refractivity contribution >= 4 is 5.97 Å². The smallest absolute Gasteiger partial charge is 0.330 e. The molecule has 1 N–H and O–H groups in total. The third-order valence-electron chi connectivity index (χ3n) is 3.16. The summed E-state index contributed by atoms with van der Waals surface area (Å²) in [6.07, 6.45) is 1.09. The molecule has 0 spiro atoms. The molecule has 0 atom stereocenters. The Morgan fingerprint density at radius 1 is 1.00 bits per heavy atom. The Morgan fingerprint density at radius 3 is 2.24 bits per heavy atom. The summed E-state index contributed by atoms with van der Waals surface area (Å²) in [6, 6.07) is 18.0. The second-order valence-corrected chi connectivity index (χ2v) is 4.75. The van der Waals surface area contributed by atoms with E-state index in [0.717, 1.165) is 11.3 Å². The summed E-state index contributed by atoms with van der Waals surface area (Å²) in [7, 11) is 0. The van der Waals surface area contributed by atoms with Crippen LogP contribution < -0.4 is 4.74 Å². The van der Waals surface area contributed by atoms with Gasteiger partial charge in [-0.15, -0.1) is 0 Å². The molecule has 0 aliphatic carbocycles. The van der Waals surface area contributed by atoms with Crippen LogP contribution in [0.25, 0.3) is 11.1 Å². The van der Waals surface area contributed by atoms with Crippen LogP contribution in [0.1, 0.15) is 12.8 Å². The predicted molar refractivity (Wildman–Crippen MR) is 83.4 cm³/mol. The Hall–Kier alpha value is -2.55. The van der Waals surface area contributed by atoms with Crippen molar-refractivity contribution in [3.8, 4) is 16.9 Å². The molecule has 0 heterocycles. The zero-order valence-corrected chi connectivity index (χ0v) is 11.8. The maximum absolute atomic E-state index is 10.6. The number of carboxylic acids is 1. The zero-order chi connectivity index (χ0) is 15.1. The fourth-order valence-corrected chi connectivity index (χ4v) is 1.96. The van der Waals surface area contributed by atoms with E-state index in [4.69, 9.17) is 9.84 Å². The molecule has 0 saturated heterocycles. The molecule has 0 fully saturated rings. The predicted octanol–water partition coefficient (Wildman–Crippen LogP) is 4.15. The molecule has 2 rings (SSSR count). The van der Waals surface area contributed by atoms with Crippen molar-refractivity contribution in [3.05, 3.63) is 66.7 Å². The summed E-state index contributed by atoms with van der Waals surface area (Å²) >= 11 is 0. The maximum Gasteiger partial charge on any atom is 0.330 e. The molecular formula is C18H18O3. The number of aliphatic carboxylic acids is 1. The highest BCUT2D eigenvalue weighted by atomic mass is 16.5. The SMILES string of the molecule is C=C(CCCOc1ccc(-c2ccccc2)cc1)C(=O)O. The number of hydrogen-bond donors (Lipinski definition) is 1. The summed E-state index contributed by atoms with van der Waals surface area (Å²) in [5.41, 5.74) is 2.53. The minimum absolute atomic E-state index is 0.220. The van der Waals surface area contributed by atoms with E-state index in [1.165, 1.54) is 5.56 Å². The van der Waals surface area contributed by atoms with Gasteiger partial charge < -0.3 is 9.84 Å². The molecule has 21 heavy (non-hydrogen) atoms. The third kappa shape index (κ3) is 4.49. The number of ether oxygens (including phenoxy) is 1. The molecule has 108 valence electrons. The second-order valence-electron chi connectivity index (χ2n) is 4.75. The van der Waals surface area contributed by atoms with Gasteiger partial charge in [-0.1, -0.05) is 49.0 Å². The van der Waals surface area contributed by atoms with Gasteiger partial charge in [0.2, 0.25) is 0 Å². The minimum Gasteiger partial charge on any atom is -0.494 e. The number of carbonyl (C=O) groups is 1. The lowest BCUT2D eigenvalue weighted by Crippen LogP contribution is -2.02. The van der Waals surface area contributed by atoms with Crippen molar-refractivity contribution < 1.29 is 14.6 Å². The van der Waals surface area contributed by atoms with Crippen molar-refractivity contribution in [1.29, 1.82) is 0 Å². The van der Waals surface area contributed by atoms with Gasteiger partial charge in [0.15, 0.2) is 0 Å². The normalized spacial score (nSPS) is 10.1. The molecule has 0 aromatic heterocycles. The second kappa shape index (κ2) is 7.29. The first kappa shape index (κ1) is 14.9. The van der Waals surface area contributed by atoms with Gasteiger partial charge in [0, 0.05) is 5.57 Å². The number of hydrogen-bond acceptors (Lipinski definition) is 2. The van der Waals surface area contributed by atoms with E-state index in [9.17, 15) is 4.79 Å². The fourth-order valence-electron chi connectivity index (χ4n) is 1.96. The van der Waals surface area contributed by atoms with Crippen LogP contribution in [0.3, 0.4) is 0 Å². The van der Waals surface area contributed by atoms with Crippen molar-refractivity contribution in [1.82, 2.24) is 0 Å². The van der Waals surface area contributed by atoms with Gasteiger partial charge in [-0.25, -0.2) is 4.79 Å². The molecule has 2 aromatic carbocycles. The van der Waals surface area contributed by atoms with Crippen LogP contribution in [0.2, 0.25) is 0 Å². The molecular weight excluding hydrogens is 264 g/mol. The summed E-state index contributed by atoms with van der Waals surface area (Å²) in [4.78, 5) is 10.6. The van der Waals surface area contributed by atoms with Crippen LogP contribution in [0.15, 0.2) is 66.7 Å². The Balaban J connectivity index is 1.83. The molecule has 3 heteroatoms. The van der Waals surface area contributed by atoms with E-state index < -0.39 is 5.97 Å². The van der Waals surface area contributed by atoms with E-state index in [2.05, 4.69) is 18.7 Å². The number of benzene rings is 2. The lowest BCUT2D eigenvalue weighted by atomic mass is 10.1. The van der Waals surface area contributed by atoms with Gasteiger partial charge in [0.05, 0.1) is 6.61 Å². The topological polar surface area (TPSA) is 46.5 Å². The molecule has 0 radical (unpaired) electrons. The van der Waals surface area contributed by atoms with Crippen LogP contribution in [-0.4, -0.2) is 17.7 Å². The van der Waals surface area contributed by atoms with Gasteiger partial charge in [-0.3, -0.25) is 0 Å². The molecule has 3 nitrogen and oxygen atoms in total. The average molecular weight is 282 g/mol. The first-order valence-electron chi connectivity index (χ1n) is 6.86. The molecule has 2 aromatic rings. The Bertz CT molecular complexity index is 600. The summed E-state index contributed by atoms with van der Waals surface area (Å²) in [5, 5.41) is 8.70. The first-order chi connectivity index (χ1) is 10.2. The van der Waals surface area contributed by atoms with E-state index in [1.54, 1.807) is 0 Å². The van der Waals surface area contributed by atoms with Crippen LogP contribution in [-0.2, 0) is 4.79 Å². The fraction of sp³-hybridized carbons (Fsp3) is 0.167. The highest BCUT2D eigenvalue weighted by molar-refractivity contribution is 5.85. The van der Waals surface area contributed by atoms with Gasteiger partial charge in [0.1, 0.15) is 5.75 Å².